The molecular weight excluding hydrogens is 480 g/mol. The quantitative estimate of drug-likeness (QED) is 0.492. The highest BCUT2D eigenvalue weighted by Crippen LogP contribution is 2.29. The summed E-state index contributed by atoms with van der Waals surface area (Å²) < 4.78 is 11.3. The van der Waals surface area contributed by atoms with Crippen molar-refractivity contribution < 1.29 is 14.3 Å². The molecule has 3 heterocycles. The topological polar surface area (TPSA) is 100 Å². The average molecular weight is 503 g/mol. The first-order valence-corrected chi connectivity index (χ1v) is 11.6. The fourth-order valence-corrected chi connectivity index (χ4v) is 3.97. The number of rotatable bonds is 6. The van der Waals surface area contributed by atoms with Crippen molar-refractivity contribution in [3.63, 3.8) is 0 Å². The number of carbonyl (C=O) groups excluding carboxylic acids is 1. The summed E-state index contributed by atoms with van der Waals surface area (Å²) in [7, 11) is 1.53. The Labute approximate surface area is 213 Å². The number of nitrogens with one attached hydrogen (secondary N) is 2. The van der Waals surface area contributed by atoms with Crippen LogP contribution in [0, 0.1) is 0 Å². The van der Waals surface area contributed by atoms with Crippen molar-refractivity contribution >= 4 is 46.4 Å². The standard InChI is InChI=1S/C26H23ClN6O3/c1-35-23-6-5-19(27)14-21(23)32-26(34)30-20-4-2-3-18(13-20)22-15-33-12-11-29-24(33)25(31-22)36-16-17-7-9-28-10-8-17/h2-10,13-15H,11-12,16H2,1H3,(H2,30,32,34). The third-order valence-electron chi connectivity index (χ3n) is 5.52. The van der Waals surface area contributed by atoms with Gasteiger partial charge in [0.25, 0.3) is 5.90 Å². The summed E-state index contributed by atoms with van der Waals surface area (Å²) in [5.74, 6) is 1.69. The minimum absolute atomic E-state index is 0.357. The number of aromatic nitrogens is 1. The third kappa shape index (κ3) is 5.31. The van der Waals surface area contributed by atoms with Crippen LogP contribution in [0.1, 0.15) is 11.1 Å². The summed E-state index contributed by atoms with van der Waals surface area (Å²) in [5.41, 5.74) is 3.59. The van der Waals surface area contributed by atoms with Crippen molar-refractivity contribution in [2.45, 2.75) is 6.61 Å². The van der Waals surface area contributed by atoms with Gasteiger partial charge in [-0.25, -0.2) is 9.79 Å². The molecule has 2 aliphatic heterocycles. The minimum atomic E-state index is -0.427. The average Bonchev–Trinajstić information content (AvgIpc) is 3.37. The second-order valence-electron chi connectivity index (χ2n) is 7.98. The van der Waals surface area contributed by atoms with E-state index in [0.29, 0.717) is 46.9 Å². The Morgan fingerprint density at radius 2 is 1.97 bits per heavy atom. The number of nitrogens with zero attached hydrogens (tertiary/aromatic N) is 4. The second kappa shape index (κ2) is 10.5. The van der Waals surface area contributed by atoms with E-state index < -0.39 is 6.03 Å². The molecule has 0 bridgehead atoms. The Kier molecular flexibility index (Phi) is 6.81. The number of urea groups is 1. The summed E-state index contributed by atoms with van der Waals surface area (Å²) in [6, 6.07) is 15.8. The van der Waals surface area contributed by atoms with Crippen LogP contribution in [0.15, 0.2) is 83.2 Å². The maximum absolute atomic E-state index is 12.7. The molecule has 36 heavy (non-hydrogen) atoms. The SMILES string of the molecule is COc1ccc(Cl)cc1NC(=O)Nc1cccc(C2=CN3CCN=C3C(OCc3ccncc3)=N2)c1. The van der Waals surface area contributed by atoms with Gasteiger partial charge >= 0.3 is 6.03 Å². The predicted molar refractivity (Wildman–Crippen MR) is 141 cm³/mol. The van der Waals surface area contributed by atoms with Crippen molar-refractivity contribution in [2.75, 3.05) is 30.8 Å². The molecule has 0 saturated carbocycles. The molecule has 10 heteroatoms. The molecule has 3 aromatic rings. The fraction of sp³-hybridized carbons (Fsp3) is 0.154. The van der Waals surface area contributed by atoms with Gasteiger partial charge in [0.1, 0.15) is 12.4 Å². The number of pyridine rings is 1. The lowest BCUT2D eigenvalue weighted by Crippen LogP contribution is -2.33. The molecule has 1 aromatic heterocycles. The number of carbonyl (C=O) groups is 1. The lowest BCUT2D eigenvalue weighted by Gasteiger charge is -2.23. The Bertz CT molecular complexity index is 1370. The van der Waals surface area contributed by atoms with Crippen LogP contribution < -0.4 is 15.4 Å². The largest absolute Gasteiger partial charge is 0.495 e. The Morgan fingerprint density at radius 1 is 1.11 bits per heavy atom. The summed E-state index contributed by atoms with van der Waals surface area (Å²) in [6.07, 6.45) is 5.40. The Hall–Kier alpha value is -4.37. The maximum Gasteiger partial charge on any atom is 0.323 e. The van der Waals surface area contributed by atoms with Crippen LogP contribution in [-0.4, -0.2) is 47.8 Å². The second-order valence-corrected chi connectivity index (χ2v) is 8.42. The van der Waals surface area contributed by atoms with Gasteiger partial charge in [0, 0.05) is 41.4 Å². The lowest BCUT2D eigenvalue weighted by molar-refractivity contribution is 0.262. The Balaban J connectivity index is 1.32. The van der Waals surface area contributed by atoms with E-state index >= 15 is 0 Å². The van der Waals surface area contributed by atoms with Crippen LogP contribution in [0.4, 0.5) is 16.2 Å². The third-order valence-corrected chi connectivity index (χ3v) is 5.75. The predicted octanol–water partition coefficient (Wildman–Crippen LogP) is 5.03. The molecule has 182 valence electrons. The highest BCUT2D eigenvalue weighted by molar-refractivity contribution is 6.40. The van der Waals surface area contributed by atoms with E-state index in [-0.39, 0.29) is 0 Å². The molecule has 0 radical (unpaired) electrons. The van der Waals surface area contributed by atoms with Crippen molar-refractivity contribution in [1.82, 2.24) is 9.88 Å². The van der Waals surface area contributed by atoms with Crippen molar-refractivity contribution in [1.29, 1.82) is 0 Å². The lowest BCUT2D eigenvalue weighted by atomic mass is 10.1. The van der Waals surface area contributed by atoms with Gasteiger partial charge in [-0.3, -0.25) is 9.98 Å². The number of benzene rings is 2. The monoisotopic (exact) mass is 502 g/mol. The molecule has 2 N–H and O–H groups in total. The van der Waals surface area contributed by atoms with Crippen LogP contribution in [0.2, 0.25) is 5.02 Å². The molecule has 0 saturated heterocycles. The van der Waals surface area contributed by atoms with E-state index in [4.69, 9.17) is 26.1 Å². The number of amidine groups is 1. The smallest absolute Gasteiger partial charge is 0.323 e. The van der Waals surface area contributed by atoms with E-state index in [0.717, 1.165) is 23.5 Å². The number of hydrogen-bond acceptors (Lipinski definition) is 7. The maximum atomic E-state index is 12.7. The van der Waals surface area contributed by atoms with Crippen LogP contribution >= 0.6 is 11.6 Å². The zero-order valence-corrected chi connectivity index (χ0v) is 20.2. The van der Waals surface area contributed by atoms with Gasteiger partial charge in [0.2, 0.25) is 0 Å². The van der Waals surface area contributed by atoms with Crippen LogP contribution in [0.3, 0.4) is 0 Å². The number of methoxy groups -OCH3 is 1. The molecule has 0 unspecified atom stereocenters. The van der Waals surface area contributed by atoms with Crippen LogP contribution in [0.25, 0.3) is 5.70 Å². The number of anilines is 2. The summed E-state index contributed by atoms with van der Waals surface area (Å²) >= 11 is 6.06. The van der Waals surface area contributed by atoms with Gasteiger partial charge in [-0.1, -0.05) is 23.7 Å². The molecule has 2 aliphatic rings. The summed E-state index contributed by atoms with van der Waals surface area (Å²) in [4.78, 5) is 28.0. The fourth-order valence-electron chi connectivity index (χ4n) is 3.80. The first kappa shape index (κ1) is 23.4. The van der Waals surface area contributed by atoms with E-state index in [1.807, 2.05) is 41.4 Å². The van der Waals surface area contributed by atoms with Crippen molar-refractivity contribution in [3.8, 4) is 5.75 Å². The first-order chi connectivity index (χ1) is 17.6. The van der Waals surface area contributed by atoms with Gasteiger partial charge < -0.3 is 25.0 Å². The summed E-state index contributed by atoms with van der Waals surface area (Å²) in [5, 5.41) is 6.10. The molecule has 5 rings (SSSR count). The number of amides is 2. The van der Waals surface area contributed by atoms with Gasteiger partial charge in [-0.2, -0.15) is 0 Å². The van der Waals surface area contributed by atoms with E-state index in [9.17, 15) is 4.79 Å². The highest BCUT2D eigenvalue weighted by Gasteiger charge is 2.27. The normalized spacial score (nSPS) is 14.3. The van der Waals surface area contributed by atoms with E-state index in [2.05, 4.69) is 20.6 Å². The zero-order valence-electron chi connectivity index (χ0n) is 19.4. The molecule has 0 fully saturated rings. The van der Waals surface area contributed by atoms with Gasteiger partial charge in [0.05, 0.1) is 25.0 Å². The number of fused-ring (bicyclic) bond motifs is 1. The van der Waals surface area contributed by atoms with Crippen LogP contribution in [-0.2, 0) is 11.3 Å². The van der Waals surface area contributed by atoms with E-state index in [1.165, 1.54) is 7.11 Å². The van der Waals surface area contributed by atoms with Gasteiger partial charge in [-0.15, -0.1) is 0 Å². The summed E-state index contributed by atoms with van der Waals surface area (Å²) in [6.45, 7) is 1.78. The molecule has 2 aromatic carbocycles. The molecule has 2 amide bonds. The molecule has 0 atom stereocenters. The Morgan fingerprint density at radius 3 is 2.81 bits per heavy atom. The number of aliphatic imine (C=N–C) groups is 2. The molecule has 0 aliphatic carbocycles. The molecular formula is C26H23ClN6O3. The number of hydrogen-bond donors (Lipinski definition) is 2. The minimum Gasteiger partial charge on any atom is -0.495 e. The molecule has 0 spiro atoms. The zero-order chi connectivity index (χ0) is 24.9. The van der Waals surface area contributed by atoms with Crippen molar-refractivity contribution in [3.05, 3.63) is 89.3 Å². The molecule has 9 nitrogen and oxygen atoms in total. The van der Waals surface area contributed by atoms with Gasteiger partial charge in [0.15, 0.2) is 5.84 Å². The first-order valence-electron chi connectivity index (χ1n) is 11.2. The highest BCUT2D eigenvalue weighted by atomic mass is 35.5. The van der Waals surface area contributed by atoms with Crippen molar-refractivity contribution in [2.24, 2.45) is 9.98 Å². The number of ether oxygens (including phenoxy) is 2. The van der Waals surface area contributed by atoms with Gasteiger partial charge in [-0.05, 0) is 48.0 Å². The number of halogens is 1. The van der Waals surface area contributed by atoms with Crippen LogP contribution in [0.5, 0.6) is 5.75 Å². The van der Waals surface area contributed by atoms with E-state index in [1.54, 1.807) is 36.7 Å².